The fraction of sp³-hybridized carbons (Fsp3) is 0.450. The van der Waals surface area contributed by atoms with Gasteiger partial charge in [0.25, 0.3) is 5.91 Å². The number of halogens is 1. The van der Waals surface area contributed by atoms with Crippen LogP contribution in [0.2, 0.25) is 5.02 Å². The number of nitrogens with one attached hydrogen (secondary N) is 1. The zero-order valence-corrected chi connectivity index (χ0v) is 18.7. The van der Waals surface area contributed by atoms with Crippen molar-refractivity contribution in [1.29, 1.82) is 0 Å². The number of carbonyl (C=O) groups is 3. The first-order chi connectivity index (χ1) is 13.9. The highest BCUT2D eigenvalue weighted by atomic mass is 35.5. The molecule has 2 heterocycles. The summed E-state index contributed by atoms with van der Waals surface area (Å²) in [5.41, 5.74) is 1.11. The summed E-state index contributed by atoms with van der Waals surface area (Å²) in [6, 6.07) is 5.02. The van der Waals surface area contributed by atoms with Crippen LogP contribution in [0.1, 0.15) is 42.6 Å². The minimum absolute atomic E-state index is 0.0932. The number of amides is 2. The number of hydrogen-bond acceptors (Lipinski definition) is 6. The smallest absolute Gasteiger partial charge is 0.359 e. The molecule has 10 heteroatoms. The molecule has 1 N–H and O–H groups in total. The molecule has 9 nitrogen and oxygen atoms in total. The number of aromatic nitrogens is 3. The lowest BCUT2D eigenvalue weighted by atomic mass is 10.1. The maximum absolute atomic E-state index is 12.4. The molecule has 0 spiro atoms. The highest BCUT2D eigenvalue weighted by Gasteiger charge is 2.21. The Morgan fingerprint density at radius 3 is 2.47 bits per heavy atom. The Morgan fingerprint density at radius 2 is 1.90 bits per heavy atom. The minimum Gasteiger partial charge on any atom is -0.451 e. The molecule has 0 atom stereocenters. The van der Waals surface area contributed by atoms with Gasteiger partial charge in [0.15, 0.2) is 18.1 Å². The van der Waals surface area contributed by atoms with E-state index in [0.29, 0.717) is 5.82 Å². The fourth-order valence-corrected chi connectivity index (χ4v) is 2.80. The van der Waals surface area contributed by atoms with Crippen molar-refractivity contribution in [2.45, 2.75) is 40.2 Å². The van der Waals surface area contributed by atoms with Gasteiger partial charge in [-0.1, -0.05) is 11.6 Å². The van der Waals surface area contributed by atoms with E-state index >= 15 is 0 Å². The van der Waals surface area contributed by atoms with Crippen molar-refractivity contribution in [3.05, 3.63) is 40.3 Å². The second-order valence-corrected chi connectivity index (χ2v) is 8.37. The van der Waals surface area contributed by atoms with Crippen LogP contribution in [0.25, 0.3) is 5.82 Å². The maximum atomic E-state index is 12.4. The first-order valence-corrected chi connectivity index (χ1v) is 9.67. The molecule has 0 saturated carbocycles. The van der Waals surface area contributed by atoms with Crippen LogP contribution in [0, 0.1) is 13.8 Å². The summed E-state index contributed by atoms with van der Waals surface area (Å²) in [6.07, 6.45) is 0. The quantitative estimate of drug-likeness (QED) is 0.696. The van der Waals surface area contributed by atoms with Gasteiger partial charge >= 0.3 is 5.97 Å². The van der Waals surface area contributed by atoms with Crippen LogP contribution in [0.15, 0.2) is 18.2 Å². The van der Waals surface area contributed by atoms with Crippen LogP contribution in [0.5, 0.6) is 0 Å². The zero-order chi connectivity index (χ0) is 22.6. The van der Waals surface area contributed by atoms with Crippen molar-refractivity contribution in [2.75, 3.05) is 20.2 Å². The molecule has 0 aromatic carbocycles. The van der Waals surface area contributed by atoms with E-state index < -0.39 is 24.0 Å². The fourth-order valence-electron chi connectivity index (χ4n) is 2.62. The molecule has 162 valence electrons. The lowest BCUT2D eigenvalue weighted by Crippen LogP contribution is -2.46. The number of nitrogens with zero attached hydrogens (tertiary/aromatic N) is 4. The lowest BCUT2D eigenvalue weighted by molar-refractivity contribution is -0.137. The molecule has 0 aliphatic heterocycles. The largest absolute Gasteiger partial charge is 0.451 e. The molecule has 0 aliphatic rings. The van der Waals surface area contributed by atoms with Gasteiger partial charge in [-0.3, -0.25) is 9.59 Å². The van der Waals surface area contributed by atoms with E-state index in [1.165, 1.54) is 18.0 Å². The summed E-state index contributed by atoms with van der Waals surface area (Å²) in [5, 5.41) is 7.17. The highest BCUT2D eigenvalue weighted by Crippen LogP contribution is 2.18. The molecule has 0 unspecified atom stereocenters. The molecule has 2 amide bonds. The van der Waals surface area contributed by atoms with Crippen LogP contribution < -0.4 is 5.32 Å². The van der Waals surface area contributed by atoms with Crippen LogP contribution in [0.4, 0.5) is 0 Å². The summed E-state index contributed by atoms with van der Waals surface area (Å²) in [5.74, 6) is -1.28. The van der Waals surface area contributed by atoms with Crippen molar-refractivity contribution in [3.8, 4) is 5.82 Å². The predicted octanol–water partition coefficient (Wildman–Crippen LogP) is 2.07. The Kier molecular flexibility index (Phi) is 7.20. The number of esters is 1. The van der Waals surface area contributed by atoms with Gasteiger partial charge in [-0.2, -0.15) is 5.10 Å². The number of carbonyl (C=O) groups excluding carboxylic acids is 3. The van der Waals surface area contributed by atoms with Crippen LogP contribution in [-0.2, 0) is 14.3 Å². The van der Waals surface area contributed by atoms with E-state index in [1.54, 1.807) is 10.7 Å². The molecular weight excluding hydrogens is 410 g/mol. The molecule has 0 aliphatic carbocycles. The number of aryl methyl sites for hydroxylation is 2. The summed E-state index contributed by atoms with van der Waals surface area (Å²) in [6.45, 7) is 8.53. The normalized spacial score (nSPS) is 11.2. The second kappa shape index (κ2) is 9.25. The number of pyridine rings is 1. The lowest BCUT2D eigenvalue weighted by Gasteiger charge is -2.23. The molecule has 0 radical (unpaired) electrons. The van der Waals surface area contributed by atoms with E-state index in [0.717, 1.165) is 11.4 Å². The van der Waals surface area contributed by atoms with Gasteiger partial charge in [0.2, 0.25) is 5.91 Å². The van der Waals surface area contributed by atoms with E-state index in [4.69, 9.17) is 16.3 Å². The number of likely N-dealkylation sites (N-methyl/N-ethyl adjacent to an activating group) is 1. The third-order valence-corrected chi connectivity index (χ3v) is 4.20. The van der Waals surface area contributed by atoms with Crippen LogP contribution in [0.3, 0.4) is 0 Å². The molecule has 2 aromatic heterocycles. The van der Waals surface area contributed by atoms with Crippen molar-refractivity contribution >= 4 is 29.4 Å². The molecule has 0 fully saturated rings. The van der Waals surface area contributed by atoms with E-state index in [2.05, 4.69) is 15.4 Å². The first-order valence-electron chi connectivity index (χ1n) is 9.29. The molecule has 2 aromatic rings. The first kappa shape index (κ1) is 23.3. The summed E-state index contributed by atoms with van der Waals surface area (Å²) in [7, 11) is 1.45. The molecule has 2 rings (SSSR count). The molecular formula is C20H26ClN5O4. The van der Waals surface area contributed by atoms with Crippen molar-refractivity contribution in [1.82, 2.24) is 25.0 Å². The maximum Gasteiger partial charge on any atom is 0.359 e. The van der Waals surface area contributed by atoms with Crippen molar-refractivity contribution in [2.24, 2.45) is 0 Å². The van der Waals surface area contributed by atoms with Gasteiger partial charge < -0.3 is 15.0 Å². The number of rotatable bonds is 6. The Morgan fingerprint density at radius 1 is 1.23 bits per heavy atom. The number of hydrogen-bond donors (Lipinski definition) is 1. The van der Waals surface area contributed by atoms with E-state index in [-0.39, 0.29) is 23.2 Å². The van der Waals surface area contributed by atoms with Gasteiger partial charge in [0.05, 0.1) is 17.3 Å². The minimum atomic E-state index is -0.843. The monoisotopic (exact) mass is 435 g/mol. The summed E-state index contributed by atoms with van der Waals surface area (Å²) < 4.78 is 6.64. The van der Waals surface area contributed by atoms with Crippen LogP contribution >= 0.6 is 11.6 Å². The average Bonchev–Trinajstić information content (AvgIpc) is 2.96. The topological polar surface area (TPSA) is 106 Å². The summed E-state index contributed by atoms with van der Waals surface area (Å²) in [4.78, 5) is 42.0. The van der Waals surface area contributed by atoms with E-state index in [9.17, 15) is 14.4 Å². The van der Waals surface area contributed by atoms with Gasteiger partial charge in [0.1, 0.15) is 0 Å². The Hall–Kier alpha value is -2.94. The van der Waals surface area contributed by atoms with Gasteiger partial charge in [-0.25, -0.2) is 14.5 Å². The Balaban J connectivity index is 2.02. The van der Waals surface area contributed by atoms with E-state index in [1.807, 2.05) is 40.7 Å². The van der Waals surface area contributed by atoms with Gasteiger partial charge in [0, 0.05) is 18.3 Å². The molecule has 30 heavy (non-hydrogen) atoms. The Bertz CT molecular complexity index is 965. The predicted molar refractivity (Wildman–Crippen MR) is 112 cm³/mol. The molecule has 0 bridgehead atoms. The SMILES string of the molecule is Cc1cc(C)n(-c2ccc(Cl)c(C(=O)OCC(=O)N(C)CC(=O)NC(C)(C)C)n2)n1. The van der Waals surface area contributed by atoms with Crippen molar-refractivity contribution < 1.29 is 19.1 Å². The second-order valence-electron chi connectivity index (χ2n) is 7.96. The highest BCUT2D eigenvalue weighted by molar-refractivity contribution is 6.33. The van der Waals surface area contributed by atoms with Crippen molar-refractivity contribution in [3.63, 3.8) is 0 Å². The average molecular weight is 436 g/mol. The van der Waals surface area contributed by atoms with Gasteiger partial charge in [-0.15, -0.1) is 0 Å². The third-order valence-electron chi connectivity index (χ3n) is 3.90. The standard InChI is InChI=1S/C20H26ClN5O4/c1-12-9-13(2)26(24-12)15-8-7-14(21)18(22-15)19(29)30-11-17(28)25(6)10-16(27)23-20(3,4)5/h7-9H,10-11H2,1-6H3,(H,23,27). The van der Waals surface area contributed by atoms with Gasteiger partial charge in [-0.05, 0) is 52.8 Å². The van der Waals surface area contributed by atoms with Crippen LogP contribution in [-0.4, -0.2) is 63.2 Å². The zero-order valence-electron chi connectivity index (χ0n) is 17.9. The number of ether oxygens (including phenoxy) is 1. The Labute approximate surface area is 180 Å². The third kappa shape index (κ3) is 6.28. The summed E-state index contributed by atoms with van der Waals surface area (Å²) >= 11 is 6.09. The molecule has 0 saturated heterocycles.